The minimum Gasteiger partial charge on any atom is -0.473 e. The number of aliphatic carboxylic acids is 2. The molecule has 0 aromatic heterocycles. The summed E-state index contributed by atoms with van der Waals surface area (Å²) in [6.07, 6.45) is 0.984. The van der Waals surface area contributed by atoms with Crippen molar-refractivity contribution in [2.75, 3.05) is 52.7 Å². The van der Waals surface area contributed by atoms with Crippen molar-refractivity contribution in [1.29, 1.82) is 0 Å². The number of ether oxygens (including phenoxy) is 3. The fraction of sp³-hybridized carbons (Fsp3) is 0.550. The van der Waals surface area contributed by atoms with E-state index in [1.807, 2.05) is 13.0 Å². The van der Waals surface area contributed by atoms with Gasteiger partial charge in [-0.3, -0.25) is 4.90 Å². The topological polar surface area (TPSA) is 121 Å². The Balaban J connectivity index is 0.000000501. The number of piperazine rings is 1. The predicted molar refractivity (Wildman–Crippen MR) is 116 cm³/mol. The van der Waals surface area contributed by atoms with Gasteiger partial charge in [0.1, 0.15) is 0 Å². The average Bonchev–Trinajstić information content (AvgIpc) is 3.22. The van der Waals surface area contributed by atoms with Crippen molar-refractivity contribution in [1.82, 2.24) is 15.1 Å². The normalized spacial score (nSPS) is 15.1. The molecule has 2 aliphatic rings. The Bertz CT molecular complexity index is 742. The van der Waals surface area contributed by atoms with Crippen molar-refractivity contribution in [3.63, 3.8) is 0 Å². The van der Waals surface area contributed by atoms with E-state index < -0.39 is 11.9 Å². The lowest BCUT2D eigenvalue weighted by Crippen LogP contribution is -2.51. The van der Waals surface area contributed by atoms with Crippen LogP contribution in [0.3, 0.4) is 0 Å². The zero-order valence-corrected chi connectivity index (χ0v) is 18.4. The summed E-state index contributed by atoms with van der Waals surface area (Å²) in [5.74, 6) is -1.95. The average molecular weight is 456 g/mol. The maximum atomic E-state index is 9.10. The van der Waals surface area contributed by atoms with Crippen molar-refractivity contribution in [3.05, 3.63) is 23.8 Å². The quantitative estimate of drug-likeness (QED) is 0.310. The van der Waals surface area contributed by atoms with E-state index in [1.54, 1.807) is 0 Å². The van der Waals surface area contributed by atoms with Gasteiger partial charge >= 0.3 is 11.9 Å². The third-order valence-electron chi connectivity index (χ3n) is 4.63. The smallest absolute Gasteiger partial charge is 0.414 e. The van der Waals surface area contributed by atoms with E-state index in [0.717, 1.165) is 75.5 Å². The molecule has 172 valence electrons. The first-order chi connectivity index (χ1) is 14.9. The van der Waals surface area contributed by atoms with Gasteiger partial charge in [0.2, 0.25) is 6.79 Å². The second kappa shape index (κ2) is 12.9. The number of rotatable bonds is 7. The molecule has 3 N–H and O–H groups in total. The van der Waals surface area contributed by atoms with Crippen molar-refractivity contribution < 1.29 is 34.0 Å². The molecular weight excluding hydrogens is 426 g/mol. The Morgan fingerprint density at radius 3 is 2.45 bits per heavy atom. The molecule has 3 rings (SSSR count). The van der Waals surface area contributed by atoms with Crippen molar-refractivity contribution in [3.8, 4) is 11.5 Å². The van der Waals surface area contributed by atoms with E-state index >= 15 is 0 Å². The number of hydrogen-bond donors (Lipinski definition) is 3. The number of hydrogen-bond acceptors (Lipinski definition) is 7. The Labute approximate surface area is 186 Å². The summed E-state index contributed by atoms with van der Waals surface area (Å²) in [6, 6.07) is 6.19. The lowest BCUT2D eigenvalue weighted by molar-refractivity contribution is -0.159. The third kappa shape index (κ3) is 8.56. The lowest BCUT2D eigenvalue weighted by Gasteiger charge is -2.36. The zero-order valence-electron chi connectivity index (χ0n) is 17.5. The van der Waals surface area contributed by atoms with Crippen LogP contribution in [0.1, 0.15) is 18.9 Å². The van der Waals surface area contributed by atoms with Gasteiger partial charge in [-0.25, -0.2) is 9.59 Å². The van der Waals surface area contributed by atoms with Crippen molar-refractivity contribution >= 4 is 29.3 Å². The monoisotopic (exact) mass is 455 g/mol. The summed E-state index contributed by atoms with van der Waals surface area (Å²) in [5, 5.41) is 19.0. The van der Waals surface area contributed by atoms with E-state index in [0.29, 0.717) is 6.79 Å². The fourth-order valence-electron chi connectivity index (χ4n) is 3.03. The van der Waals surface area contributed by atoms with E-state index in [9.17, 15) is 0 Å². The number of nitrogens with zero attached hydrogens (tertiary/aromatic N) is 2. The van der Waals surface area contributed by atoms with Crippen LogP contribution in [0.15, 0.2) is 18.2 Å². The Hall–Kier alpha value is -2.63. The SMILES string of the molecule is CCOCCCNC(=S)N1CCN(Cc2ccc3c(c2)OCO3)CC1.O=C(O)C(=O)O. The summed E-state index contributed by atoms with van der Waals surface area (Å²) in [7, 11) is 0. The molecule has 0 bridgehead atoms. The molecule has 1 fully saturated rings. The molecule has 1 aromatic rings. The van der Waals surface area contributed by atoms with Crippen LogP contribution in [0.5, 0.6) is 11.5 Å². The minimum atomic E-state index is -1.82. The summed E-state index contributed by atoms with van der Waals surface area (Å²) in [6.45, 7) is 9.64. The highest BCUT2D eigenvalue weighted by Gasteiger charge is 2.20. The molecule has 0 radical (unpaired) electrons. The molecular formula is C20H29N3O7S. The Morgan fingerprint density at radius 2 is 1.81 bits per heavy atom. The number of carboxylic acid groups (broad SMARTS) is 2. The molecule has 0 saturated carbocycles. The van der Waals surface area contributed by atoms with Crippen LogP contribution in [0.25, 0.3) is 0 Å². The van der Waals surface area contributed by atoms with E-state index in [2.05, 4.69) is 27.2 Å². The van der Waals surface area contributed by atoms with Gasteiger partial charge in [0.05, 0.1) is 0 Å². The molecule has 0 amide bonds. The largest absolute Gasteiger partial charge is 0.473 e. The Kier molecular flexibility index (Phi) is 10.3. The predicted octanol–water partition coefficient (Wildman–Crippen LogP) is 0.990. The second-order valence-electron chi connectivity index (χ2n) is 6.84. The van der Waals surface area contributed by atoms with Gasteiger partial charge in [0.15, 0.2) is 16.6 Å². The maximum Gasteiger partial charge on any atom is 0.414 e. The highest BCUT2D eigenvalue weighted by molar-refractivity contribution is 7.80. The maximum absolute atomic E-state index is 9.10. The van der Waals surface area contributed by atoms with Crippen LogP contribution in [0.4, 0.5) is 0 Å². The molecule has 2 heterocycles. The second-order valence-corrected chi connectivity index (χ2v) is 7.23. The molecule has 0 atom stereocenters. The van der Waals surface area contributed by atoms with E-state index in [1.165, 1.54) is 5.56 Å². The van der Waals surface area contributed by atoms with Crippen LogP contribution in [0.2, 0.25) is 0 Å². The molecule has 1 aromatic carbocycles. The van der Waals surface area contributed by atoms with Crippen LogP contribution in [-0.4, -0.2) is 89.8 Å². The summed E-state index contributed by atoms with van der Waals surface area (Å²) >= 11 is 5.50. The first kappa shape index (κ1) is 24.6. The number of fused-ring (bicyclic) bond motifs is 1. The molecule has 0 unspecified atom stereocenters. The fourth-order valence-corrected chi connectivity index (χ4v) is 3.32. The highest BCUT2D eigenvalue weighted by atomic mass is 32.1. The van der Waals surface area contributed by atoms with E-state index in [4.69, 9.17) is 46.2 Å². The van der Waals surface area contributed by atoms with E-state index in [-0.39, 0.29) is 0 Å². The number of carbonyl (C=O) groups is 2. The summed E-state index contributed by atoms with van der Waals surface area (Å²) in [4.78, 5) is 22.9. The molecule has 0 aliphatic carbocycles. The van der Waals surface area contributed by atoms with Crippen molar-refractivity contribution in [2.24, 2.45) is 0 Å². The van der Waals surface area contributed by atoms with Gasteiger partial charge in [-0.05, 0) is 43.3 Å². The van der Waals surface area contributed by atoms with Crippen LogP contribution in [-0.2, 0) is 20.9 Å². The number of thiocarbonyl (C=S) groups is 1. The minimum absolute atomic E-state index is 0.326. The zero-order chi connectivity index (χ0) is 22.6. The van der Waals surface area contributed by atoms with Gasteiger partial charge < -0.3 is 34.6 Å². The number of carboxylic acids is 2. The number of benzene rings is 1. The molecule has 2 aliphatic heterocycles. The van der Waals surface area contributed by atoms with Gasteiger partial charge in [-0.2, -0.15) is 0 Å². The summed E-state index contributed by atoms with van der Waals surface area (Å²) < 4.78 is 16.2. The summed E-state index contributed by atoms with van der Waals surface area (Å²) in [5.41, 5.74) is 1.26. The molecule has 11 heteroatoms. The van der Waals surface area contributed by atoms with Crippen LogP contribution >= 0.6 is 12.2 Å². The molecule has 1 saturated heterocycles. The Morgan fingerprint density at radius 1 is 1.13 bits per heavy atom. The third-order valence-corrected chi connectivity index (χ3v) is 5.03. The van der Waals surface area contributed by atoms with Gasteiger partial charge in [0.25, 0.3) is 0 Å². The van der Waals surface area contributed by atoms with Gasteiger partial charge in [0, 0.05) is 52.5 Å². The van der Waals surface area contributed by atoms with Gasteiger partial charge in [-0.1, -0.05) is 6.07 Å². The first-order valence-corrected chi connectivity index (χ1v) is 10.5. The molecule has 31 heavy (non-hydrogen) atoms. The van der Waals surface area contributed by atoms with Crippen molar-refractivity contribution in [2.45, 2.75) is 19.9 Å². The standard InChI is InChI=1S/C18H27N3O3S.C2H2O4/c1-2-22-11-3-6-19-18(25)21-9-7-20(8-10-21)13-15-4-5-16-17(12-15)24-14-23-16;3-1(4)2(5)6/h4-5,12H,2-3,6-11,13-14H2,1H3,(H,19,25);(H,3,4)(H,5,6). The van der Waals surface area contributed by atoms with Crippen LogP contribution in [0, 0.1) is 0 Å². The number of nitrogens with one attached hydrogen (secondary N) is 1. The molecule has 10 nitrogen and oxygen atoms in total. The highest BCUT2D eigenvalue weighted by Crippen LogP contribution is 2.32. The van der Waals surface area contributed by atoms with Gasteiger partial charge in [-0.15, -0.1) is 0 Å². The first-order valence-electron chi connectivity index (χ1n) is 10.1. The van der Waals surface area contributed by atoms with Crippen LogP contribution < -0.4 is 14.8 Å². The lowest BCUT2D eigenvalue weighted by atomic mass is 10.1. The molecule has 0 spiro atoms.